The Kier molecular flexibility index (Phi) is 10.4. The number of H-pyrrole nitrogens is 1. The van der Waals surface area contributed by atoms with E-state index >= 15 is 0 Å². The van der Waals surface area contributed by atoms with Crippen molar-refractivity contribution in [3.8, 4) is 11.5 Å². The number of phosphoric ester groups is 2. The van der Waals surface area contributed by atoms with Gasteiger partial charge < -0.3 is 38.9 Å². The van der Waals surface area contributed by atoms with Gasteiger partial charge in [-0.15, -0.1) is 0 Å². The minimum absolute atomic E-state index is 0.142. The molecule has 2 aromatic rings. The summed E-state index contributed by atoms with van der Waals surface area (Å²) in [6, 6.07) is 5.80. The van der Waals surface area contributed by atoms with Gasteiger partial charge in [0.15, 0.2) is 6.23 Å². The minimum atomic E-state index is -6.09. The number of aromatic amines is 1. The summed E-state index contributed by atoms with van der Waals surface area (Å²) in [5.74, 6) is -0.260. The highest BCUT2D eigenvalue weighted by molar-refractivity contribution is 7.69. The number of nitrogens with one attached hydrogen (secondary N) is 1. The fraction of sp³-hybridized carbons (Fsp3) is 0.375. The molecular formula is C16H22N2O19P4. The van der Waals surface area contributed by atoms with E-state index in [1.54, 1.807) is 0 Å². The first-order valence-electron chi connectivity index (χ1n) is 10.6. The molecule has 25 heteroatoms. The fourth-order valence-electron chi connectivity index (χ4n) is 3.14. The first-order chi connectivity index (χ1) is 18.8. The first-order valence-corrected chi connectivity index (χ1v) is 16.6. The molecule has 41 heavy (non-hydrogen) atoms. The second-order valence-corrected chi connectivity index (χ2v) is 13.9. The van der Waals surface area contributed by atoms with Gasteiger partial charge in [0.25, 0.3) is 5.56 Å². The molecule has 1 aromatic carbocycles. The number of aliphatic hydroxyl groups excluding tert-OH is 2. The third-order valence-electron chi connectivity index (χ3n) is 4.75. The molecule has 2 heterocycles. The highest BCUT2D eigenvalue weighted by Crippen LogP contribution is 2.71. The molecule has 230 valence electrons. The Morgan fingerprint density at radius 3 is 2.07 bits per heavy atom. The second-order valence-electron chi connectivity index (χ2n) is 7.75. The van der Waals surface area contributed by atoms with Crippen LogP contribution >= 0.6 is 31.3 Å². The molecule has 0 bridgehead atoms. The smallest absolute Gasteiger partial charge is 0.497 e. The van der Waals surface area contributed by atoms with Gasteiger partial charge in [0.2, 0.25) is 0 Å². The minimum Gasteiger partial charge on any atom is -0.497 e. The Morgan fingerprint density at radius 1 is 0.878 bits per heavy atom. The van der Waals surface area contributed by atoms with E-state index in [0.29, 0.717) is 4.57 Å². The number of hydrogen-bond donors (Lipinski definition) is 7. The number of aliphatic hydroxyl groups is 2. The van der Waals surface area contributed by atoms with Crippen LogP contribution in [0.4, 0.5) is 0 Å². The summed E-state index contributed by atoms with van der Waals surface area (Å²) in [5, 5.41) is 20.3. The lowest BCUT2D eigenvalue weighted by Gasteiger charge is -2.21. The molecule has 0 radical (unpaired) electrons. The van der Waals surface area contributed by atoms with Crippen molar-refractivity contribution in [2.45, 2.75) is 24.5 Å². The van der Waals surface area contributed by atoms with Crippen molar-refractivity contribution in [2.24, 2.45) is 0 Å². The van der Waals surface area contributed by atoms with Gasteiger partial charge in [-0.05, 0) is 12.1 Å². The molecule has 1 aromatic heterocycles. The van der Waals surface area contributed by atoms with Gasteiger partial charge in [-0.2, -0.15) is 12.9 Å². The topological polar surface area (TPSA) is 309 Å². The molecule has 0 saturated carbocycles. The maximum Gasteiger partial charge on any atom is 0.536 e. The van der Waals surface area contributed by atoms with Gasteiger partial charge in [-0.25, -0.2) is 23.1 Å². The van der Waals surface area contributed by atoms with Crippen molar-refractivity contribution >= 4 is 31.3 Å². The zero-order chi connectivity index (χ0) is 30.8. The summed E-state index contributed by atoms with van der Waals surface area (Å²) in [6.45, 7) is -1.14. The molecule has 21 nitrogen and oxygen atoms in total. The number of benzene rings is 1. The Labute approximate surface area is 227 Å². The lowest BCUT2D eigenvalue weighted by Crippen LogP contribution is -2.37. The van der Waals surface area contributed by atoms with E-state index in [1.165, 1.54) is 19.2 Å². The molecule has 1 fully saturated rings. The lowest BCUT2D eigenvalue weighted by molar-refractivity contribution is -0.0542. The van der Waals surface area contributed by atoms with Crippen molar-refractivity contribution in [3.05, 3.63) is 57.4 Å². The number of phosphoric acid groups is 4. The van der Waals surface area contributed by atoms with Gasteiger partial charge in [0.05, 0.1) is 13.7 Å². The number of hydrogen-bond acceptors (Lipinski definition) is 15. The predicted molar refractivity (Wildman–Crippen MR) is 129 cm³/mol. The van der Waals surface area contributed by atoms with Gasteiger partial charge in [0, 0.05) is 18.3 Å². The van der Waals surface area contributed by atoms with Crippen LogP contribution in [-0.2, 0) is 40.5 Å². The van der Waals surface area contributed by atoms with Gasteiger partial charge in [-0.1, -0.05) is 6.07 Å². The molecule has 3 rings (SSSR count). The Bertz CT molecular complexity index is 1560. The van der Waals surface area contributed by atoms with Crippen LogP contribution in [0.3, 0.4) is 0 Å². The largest absolute Gasteiger partial charge is 0.536 e. The number of rotatable bonds is 13. The first kappa shape index (κ1) is 33.5. The standard InChI is InChI=1S/C16H22N2O19P4/c1-31-9-3-2-4-10(7-9)34-39(25,26)36-41(29,30)37-40(27,28)35-38(23,24)32-8-11-13(20)14(21)15(33-11)18-6-5-12(19)17-16(18)22/h2-7,11,13-15,20-21H,8H2,1H3,(H,23,24)(H,25,26)(H,27,28)(H,29,30)(H,17,19,22)/t11-,13-,14-,15-/m1/s1. The molecule has 1 aliphatic heterocycles. The van der Waals surface area contributed by atoms with E-state index < -0.39 is 79.4 Å². The number of aromatic nitrogens is 2. The monoisotopic (exact) mass is 670 g/mol. The van der Waals surface area contributed by atoms with Crippen LogP contribution in [0, 0.1) is 0 Å². The van der Waals surface area contributed by atoms with E-state index in [4.69, 9.17) is 9.47 Å². The second kappa shape index (κ2) is 12.7. The molecule has 7 N–H and O–H groups in total. The summed E-state index contributed by atoms with van der Waals surface area (Å²) in [6.07, 6.45) is -6.06. The van der Waals surface area contributed by atoms with Crippen LogP contribution < -0.4 is 20.5 Å². The van der Waals surface area contributed by atoms with Crippen molar-refractivity contribution in [1.29, 1.82) is 0 Å². The summed E-state index contributed by atoms with van der Waals surface area (Å²) in [7, 11) is -22.1. The predicted octanol–water partition coefficient (Wildman–Crippen LogP) is -0.289. The summed E-state index contributed by atoms with van der Waals surface area (Å²) in [4.78, 5) is 63.7. The van der Waals surface area contributed by atoms with E-state index in [9.17, 15) is 57.6 Å². The quantitative estimate of drug-likeness (QED) is 0.135. The molecule has 8 atom stereocenters. The van der Waals surface area contributed by atoms with Crippen LogP contribution in [-0.4, -0.2) is 71.4 Å². The third kappa shape index (κ3) is 9.49. The molecule has 1 saturated heterocycles. The van der Waals surface area contributed by atoms with Crippen molar-refractivity contribution in [3.63, 3.8) is 0 Å². The van der Waals surface area contributed by atoms with Crippen LogP contribution in [0.2, 0.25) is 0 Å². The highest BCUT2D eigenvalue weighted by Gasteiger charge is 2.48. The lowest BCUT2D eigenvalue weighted by atomic mass is 10.1. The molecule has 0 aliphatic carbocycles. The number of methoxy groups -OCH3 is 1. The molecule has 4 unspecified atom stereocenters. The third-order valence-corrected chi connectivity index (χ3v) is 10.6. The molecular weight excluding hydrogens is 648 g/mol. The summed E-state index contributed by atoms with van der Waals surface area (Å²) >= 11 is 0. The van der Waals surface area contributed by atoms with E-state index in [0.717, 1.165) is 24.4 Å². The van der Waals surface area contributed by atoms with Gasteiger partial charge in [-0.3, -0.25) is 23.8 Å². The highest BCUT2D eigenvalue weighted by atomic mass is 31.3. The Hall–Kier alpha value is -2.02. The molecule has 1 aliphatic rings. The Balaban J connectivity index is 1.60. The average Bonchev–Trinajstić information content (AvgIpc) is 3.08. The SMILES string of the molecule is COc1cccc(OP(=O)(O)OP(=O)(O)OP(=O)(O)OP(=O)(O)OC[C@H]2O[C@@H](n3ccc(=O)[nH]c3=O)[C@H](O)[C@@H]2O)c1. The fourth-order valence-corrected chi connectivity index (χ4v) is 8.09. The van der Waals surface area contributed by atoms with Crippen LogP contribution in [0.15, 0.2) is 46.1 Å². The van der Waals surface area contributed by atoms with E-state index in [2.05, 4.69) is 22.0 Å². The average molecular weight is 670 g/mol. The molecule has 0 spiro atoms. The zero-order valence-electron chi connectivity index (χ0n) is 20.2. The maximum absolute atomic E-state index is 12.1. The van der Waals surface area contributed by atoms with Crippen LogP contribution in [0.1, 0.15) is 6.23 Å². The van der Waals surface area contributed by atoms with Crippen molar-refractivity contribution in [2.75, 3.05) is 13.7 Å². The van der Waals surface area contributed by atoms with E-state index in [1.807, 2.05) is 4.98 Å². The van der Waals surface area contributed by atoms with E-state index in [-0.39, 0.29) is 5.75 Å². The van der Waals surface area contributed by atoms with Crippen LogP contribution in [0.25, 0.3) is 0 Å². The number of nitrogens with zero attached hydrogens (tertiary/aromatic N) is 1. The zero-order valence-corrected chi connectivity index (χ0v) is 23.8. The summed E-state index contributed by atoms with van der Waals surface area (Å²) < 4.78 is 79.4. The van der Waals surface area contributed by atoms with Gasteiger partial charge in [0.1, 0.15) is 29.8 Å². The van der Waals surface area contributed by atoms with Crippen LogP contribution in [0.5, 0.6) is 11.5 Å². The number of ether oxygens (including phenoxy) is 2. The molecule has 0 amide bonds. The Morgan fingerprint density at radius 2 is 1.46 bits per heavy atom. The maximum atomic E-state index is 12.1. The van der Waals surface area contributed by atoms with Crippen molar-refractivity contribution in [1.82, 2.24) is 9.55 Å². The normalized spacial score (nSPS) is 26.7. The summed E-state index contributed by atoms with van der Waals surface area (Å²) in [5.41, 5.74) is -1.82. The van der Waals surface area contributed by atoms with Crippen molar-refractivity contribution < 1.29 is 79.5 Å². The van der Waals surface area contributed by atoms with Gasteiger partial charge >= 0.3 is 37.0 Å².